The third kappa shape index (κ3) is 2.37. The van der Waals surface area contributed by atoms with Crippen molar-refractivity contribution < 1.29 is 4.74 Å². The van der Waals surface area contributed by atoms with E-state index in [-0.39, 0.29) is 6.04 Å². The van der Waals surface area contributed by atoms with Gasteiger partial charge in [0.15, 0.2) is 0 Å². The first kappa shape index (κ1) is 13.6. The largest absolute Gasteiger partial charge is 0.497 e. The second-order valence-electron chi connectivity index (χ2n) is 4.90. The van der Waals surface area contributed by atoms with E-state index in [0.717, 1.165) is 27.9 Å². The first-order valence-corrected chi connectivity index (χ1v) is 6.76. The van der Waals surface area contributed by atoms with Gasteiger partial charge in [-0.1, -0.05) is 30.3 Å². The topological polar surface area (TPSA) is 65.1 Å². The Hall–Kier alpha value is -2.37. The van der Waals surface area contributed by atoms with Gasteiger partial charge in [0, 0.05) is 12.4 Å². The summed E-state index contributed by atoms with van der Waals surface area (Å²) in [5.41, 5.74) is 5.91. The number of hydrazine groups is 1. The van der Waals surface area contributed by atoms with Gasteiger partial charge >= 0.3 is 0 Å². The van der Waals surface area contributed by atoms with Crippen molar-refractivity contribution in [3.05, 3.63) is 59.8 Å². The van der Waals surface area contributed by atoms with E-state index in [1.807, 2.05) is 54.2 Å². The van der Waals surface area contributed by atoms with Gasteiger partial charge in [0.05, 0.1) is 24.4 Å². The molecule has 0 radical (unpaired) electrons. The van der Waals surface area contributed by atoms with E-state index >= 15 is 0 Å². The lowest BCUT2D eigenvalue weighted by molar-refractivity contribution is 0.414. The molecule has 3 N–H and O–H groups in total. The van der Waals surface area contributed by atoms with Crippen molar-refractivity contribution in [2.45, 2.75) is 6.04 Å². The third-order valence-electron chi connectivity index (χ3n) is 3.68. The summed E-state index contributed by atoms with van der Waals surface area (Å²) in [6.07, 6.45) is 0. The standard InChI is InChI=1S/C16H18N4O/c1-20-14-6-4-3-5-13(14)16(19-20)15(18-17)11-7-9-12(21-2)10-8-11/h3-10,15,18H,17H2,1-2H3. The minimum Gasteiger partial charge on any atom is -0.497 e. The highest BCUT2D eigenvalue weighted by atomic mass is 16.5. The van der Waals surface area contributed by atoms with E-state index in [2.05, 4.69) is 16.6 Å². The summed E-state index contributed by atoms with van der Waals surface area (Å²) in [6, 6.07) is 15.8. The SMILES string of the molecule is COc1ccc(C(NN)c2nn(C)c3ccccc23)cc1. The highest BCUT2D eigenvalue weighted by Gasteiger charge is 2.19. The van der Waals surface area contributed by atoms with Crippen LogP contribution in [0.1, 0.15) is 17.3 Å². The minimum absolute atomic E-state index is 0.165. The second kappa shape index (κ2) is 5.55. The Labute approximate surface area is 123 Å². The summed E-state index contributed by atoms with van der Waals surface area (Å²) in [4.78, 5) is 0. The lowest BCUT2D eigenvalue weighted by Crippen LogP contribution is -2.29. The minimum atomic E-state index is -0.165. The van der Waals surface area contributed by atoms with Gasteiger partial charge in [0.2, 0.25) is 0 Å². The zero-order valence-electron chi connectivity index (χ0n) is 12.1. The Balaban J connectivity index is 2.09. The molecule has 0 fully saturated rings. The van der Waals surface area contributed by atoms with Crippen LogP contribution in [0.5, 0.6) is 5.75 Å². The average Bonchev–Trinajstić information content (AvgIpc) is 2.86. The molecular weight excluding hydrogens is 264 g/mol. The Bertz CT molecular complexity index is 749. The normalized spacial score (nSPS) is 12.5. The zero-order chi connectivity index (χ0) is 14.8. The third-order valence-corrected chi connectivity index (χ3v) is 3.68. The number of nitrogens with two attached hydrogens (primary N) is 1. The van der Waals surface area contributed by atoms with Crippen LogP contribution < -0.4 is 16.0 Å². The quantitative estimate of drug-likeness (QED) is 0.568. The van der Waals surface area contributed by atoms with Crippen LogP contribution in [0.15, 0.2) is 48.5 Å². The molecule has 1 unspecified atom stereocenters. The summed E-state index contributed by atoms with van der Waals surface area (Å²) >= 11 is 0. The fourth-order valence-corrected chi connectivity index (χ4v) is 2.58. The number of benzene rings is 2. The molecule has 3 aromatic rings. The molecule has 0 aliphatic rings. The van der Waals surface area contributed by atoms with E-state index < -0.39 is 0 Å². The number of para-hydroxylation sites is 1. The van der Waals surface area contributed by atoms with E-state index in [4.69, 9.17) is 10.6 Å². The molecular formula is C16H18N4O. The lowest BCUT2D eigenvalue weighted by Gasteiger charge is -2.15. The van der Waals surface area contributed by atoms with Crippen molar-refractivity contribution >= 4 is 10.9 Å². The molecule has 5 heteroatoms. The smallest absolute Gasteiger partial charge is 0.118 e. The predicted octanol–water partition coefficient (Wildman–Crippen LogP) is 2.13. The van der Waals surface area contributed by atoms with Crippen molar-refractivity contribution in [1.29, 1.82) is 0 Å². The van der Waals surface area contributed by atoms with Gasteiger partial charge in [0.1, 0.15) is 5.75 Å². The number of nitrogens with one attached hydrogen (secondary N) is 1. The van der Waals surface area contributed by atoms with Crippen LogP contribution in [0.4, 0.5) is 0 Å². The maximum Gasteiger partial charge on any atom is 0.118 e. The lowest BCUT2D eigenvalue weighted by atomic mass is 10.0. The average molecular weight is 282 g/mol. The number of ether oxygens (including phenoxy) is 1. The molecule has 3 rings (SSSR count). The highest BCUT2D eigenvalue weighted by Crippen LogP contribution is 2.28. The van der Waals surface area contributed by atoms with Crippen LogP contribution in [0.25, 0.3) is 10.9 Å². The number of rotatable bonds is 4. The molecule has 108 valence electrons. The van der Waals surface area contributed by atoms with Crippen LogP contribution in [0, 0.1) is 0 Å². The zero-order valence-corrected chi connectivity index (χ0v) is 12.1. The Morgan fingerprint density at radius 3 is 2.52 bits per heavy atom. The number of hydrogen-bond donors (Lipinski definition) is 2. The van der Waals surface area contributed by atoms with Crippen molar-refractivity contribution in [2.75, 3.05) is 7.11 Å². The van der Waals surface area contributed by atoms with Crippen LogP contribution in [-0.2, 0) is 7.05 Å². The van der Waals surface area contributed by atoms with Gasteiger partial charge in [-0.25, -0.2) is 5.43 Å². The number of aryl methyl sites for hydroxylation is 1. The van der Waals surface area contributed by atoms with Gasteiger partial charge < -0.3 is 4.74 Å². The number of methoxy groups -OCH3 is 1. The van der Waals surface area contributed by atoms with E-state index in [1.54, 1.807) is 7.11 Å². The van der Waals surface area contributed by atoms with Crippen LogP contribution in [0.3, 0.4) is 0 Å². The molecule has 0 aliphatic carbocycles. The molecule has 1 atom stereocenters. The summed E-state index contributed by atoms with van der Waals surface area (Å²) < 4.78 is 7.06. The summed E-state index contributed by atoms with van der Waals surface area (Å²) in [5.74, 6) is 6.60. The first-order chi connectivity index (χ1) is 10.2. The summed E-state index contributed by atoms with van der Waals surface area (Å²) in [7, 11) is 3.59. The van der Waals surface area contributed by atoms with Gasteiger partial charge in [-0.2, -0.15) is 5.10 Å². The monoisotopic (exact) mass is 282 g/mol. The molecule has 1 aromatic heterocycles. The van der Waals surface area contributed by atoms with Gasteiger partial charge in [-0.3, -0.25) is 10.5 Å². The molecule has 0 saturated heterocycles. The molecule has 0 spiro atoms. The van der Waals surface area contributed by atoms with E-state index in [0.29, 0.717) is 0 Å². The number of fused-ring (bicyclic) bond motifs is 1. The van der Waals surface area contributed by atoms with Crippen molar-refractivity contribution in [2.24, 2.45) is 12.9 Å². The van der Waals surface area contributed by atoms with Gasteiger partial charge in [-0.15, -0.1) is 0 Å². The van der Waals surface area contributed by atoms with Crippen molar-refractivity contribution in [3.8, 4) is 5.75 Å². The molecule has 0 aliphatic heterocycles. The Kier molecular flexibility index (Phi) is 3.60. The first-order valence-electron chi connectivity index (χ1n) is 6.76. The predicted molar refractivity (Wildman–Crippen MR) is 82.9 cm³/mol. The molecule has 5 nitrogen and oxygen atoms in total. The molecule has 0 saturated carbocycles. The number of hydrogen-bond acceptors (Lipinski definition) is 4. The van der Waals surface area contributed by atoms with Gasteiger partial charge in [0.25, 0.3) is 0 Å². The maximum atomic E-state index is 5.78. The number of nitrogens with zero attached hydrogens (tertiary/aromatic N) is 2. The maximum absolute atomic E-state index is 5.78. The fraction of sp³-hybridized carbons (Fsp3) is 0.188. The van der Waals surface area contributed by atoms with Crippen molar-refractivity contribution in [3.63, 3.8) is 0 Å². The van der Waals surface area contributed by atoms with E-state index in [1.165, 1.54) is 0 Å². The number of aromatic nitrogens is 2. The molecule has 0 amide bonds. The Morgan fingerprint density at radius 1 is 1.14 bits per heavy atom. The van der Waals surface area contributed by atoms with Crippen LogP contribution >= 0.6 is 0 Å². The summed E-state index contributed by atoms with van der Waals surface area (Å²) in [6.45, 7) is 0. The Morgan fingerprint density at radius 2 is 1.86 bits per heavy atom. The highest BCUT2D eigenvalue weighted by molar-refractivity contribution is 5.82. The molecule has 1 heterocycles. The van der Waals surface area contributed by atoms with Crippen molar-refractivity contribution in [1.82, 2.24) is 15.2 Å². The van der Waals surface area contributed by atoms with Crippen LogP contribution in [0.2, 0.25) is 0 Å². The second-order valence-corrected chi connectivity index (χ2v) is 4.90. The fourth-order valence-electron chi connectivity index (χ4n) is 2.58. The molecule has 21 heavy (non-hydrogen) atoms. The van der Waals surface area contributed by atoms with Gasteiger partial charge in [-0.05, 0) is 23.8 Å². The molecule has 0 bridgehead atoms. The van der Waals surface area contributed by atoms with Crippen LogP contribution in [-0.4, -0.2) is 16.9 Å². The molecule has 2 aromatic carbocycles. The summed E-state index contributed by atoms with van der Waals surface area (Å²) in [5, 5.41) is 5.72. The van der Waals surface area contributed by atoms with E-state index in [9.17, 15) is 0 Å².